The maximum atomic E-state index is 11.7. The molecule has 0 N–H and O–H groups in total. The van der Waals surface area contributed by atoms with E-state index in [4.69, 9.17) is 32.7 Å². The standard InChI is InChI=1S/C17H24Cl2O3/c1-2-3-4-5-6-10-13-21-16(20)14-17(18,19)22-15-11-8-7-9-12-15/h7-9,11-12H,2-6,10,13-14H2,1H3. The number of alkyl halides is 2. The predicted molar refractivity (Wildman–Crippen MR) is 90.5 cm³/mol. The molecule has 0 saturated heterocycles. The Bertz CT molecular complexity index is 421. The minimum absolute atomic E-state index is 0.207. The van der Waals surface area contributed by atoms with E-state index in [1.165, 1.54) is 25.7 Å². The molecule has 1 aromatic rings. The maximum absolute atomic E-state index is 11.7. The van der Waals surface area contributed by atoms with E-state index in [0.717, 1.165) is 12.8 Å². The lowest BCUT2D eigenvalue weighted by Gasteiger charge is -2.20. The van der Waals surface area contributed by atoms with Crippen molar-refractivity contribution in [2.24, 2.45) is 0 Å². The molecular weight excluding hydrogens is 323 g/mol. The Kier molecular flexibility index (Phi) is 9.33. The van der Waals surface area contributed by atoms with Crippen LogP contribution in [0.15, 0.2) is 30.3 Å². The smallest absolute Gasteiger partial charge is 0.312 e. The number of hydrogen-bond acceptors (Lipinski definition) is 3. The third-order valence-corrected chi connectivity index (χ3v) is 3.54. The fourth-order valence-corrected chi connectivity index (χ4v) is 2.38. The van der Waals surface area contributed by atoms with Gasteiger partial charge in [0.2, 0.25) is 0 Å². The molecule has 5 heteroatoms. The quantitative estimate of drug-likeness (QED) is 0.302. The van der Waals surface area contributed by atoms with Gasteiger partial charge in [0.15, 0.2) is 0 Å². The van der Waals surface area contributed by atoms with Crippen LogP contribution in [0.25, 0.3) is 0 Å². The fraction of sp³-hybridized carbons (Fsp3) is 0.588. The third-order valence-electron chi connectivity index (χ3n) is 3.12. The van der Waals surface area contributed by atoms with Gasteiger partial charge in [-0.15, -0.1) is 0 Å². The van der Waals surface area contributed by atoms with E-state index >= 15 is 0 Å². The Hall–Kier alpha value is -0.930. The van der Waals surface area contributed by atoms with E-state index in [9.17, 15) is 4.79 Å². The van der Waals surface area contributed by atoms with Crippen molar-refractivity contribution in [1.82, 2.24) is 0 Å². The SMILES string of the molecule is CCCCCCCCOC(=O)CC(Cl)(Cl)Oc1ccccc1. The zero-order valence-electron chi connectivity index (χ0n) is 13.0. The molecule has 1 aromatic carbocycles. The molecule has 0 saturated carbocycles. The zero-order chi connectivity index (χ0) is 16.3. The van der Waals surface area contributed by atoms with Gasteiger partial charge in [-0.2, -0.15) is 0 Å². The first-order chi connectivity index (χ1) is 10.5. The van der Waals surface area contributed by atoms with E-state index in [1.54, 1.807) is 24.3 Å². The molecule has 0 amide bonds. The highest BCUT2D eigenvalue weighted by atomic mass is 35.5. The molecule has 3 nitrogen and oxygen atoms in total. The molecule has 0 aliphatic carbocycles. The van der Waals surface area contributed by atoms with Crippen LogP contribution >= 0.6 is 23.2 Å². The van der Waals surface area contributed by atoms with Crippen molar-refractivity contribution in [3.63, 3.8) is 0 Å². The van der Waals surface area contributed by atoms with E-state index < -0.39 is 10.5 Å². The monoisotopic (exact) mass is 346 g/mol. The second-order valence-electron chi connectivity index (χ2n) is 5.22. The Morgan fingerprint density at radius 2 is 1.68 bits per heavy atom. The molecule has 0 atom stereocenters. The Morgan fingerprint density at radius 1 is 1.05 bits per heavy atom. The van der Waals surface area contributed by atoms with Gasteiger partial charge in [-0.25, -0.2) is 0 Å². The number of unbranched alkanes of at least 4 members (excludes halogenated alkanes) is 5. The molecule has 124 valence electrons. The molecule has 0 fully saturated rings. The number of ether oxygens (including phenoxy) is 2. The molecule has 0 aliphatic heterocycles. The summed E-state index contributed by atoms with van der Waals surface area (Å²) in [5.41, 5.74) is 0. The van der Waals surface area contributed by atoms with Gasteiger partial charge in [-0.3, -0.25) is 4.79 Å². The lowest BCUT2D eigenvalue weighted by molar-refractivity contribution is -0.145. The molecule has 0 aromatic heterocycles. The third kappa shape index (κ3) is 9.16. The Labute approximate surface area is 142 Å². The van der Waals surface area contributed by atoms with Crippen molar-refractivity contribution in [2.45, 2.75) is 56.4 Å². The van der Waals surface area contributed by atoms with Gasteiger partial charge in [0, 0.05) is 0 Å². The predicted octanol–water partition coefficient (Wildman–Crippen LogP) is 5.49. The topological polar surface area (TPSA) is 35.5 Å². The molecule has 0 unspecified atom stereocenters. The first-order valence-electron chi connectivity index (χ1n) is 7.81. The fourth-order valence-electron chi connectivity index (χ4n) is 1.98. The number of rotatable bonds is 11. The number of carbonyl (C=O) groups excluding carboxylic acids is 1. The van der Waals surface area contributed by atoms with E-state index in [1.807, 2.05) is 6.07 Å². The van der Waals surface area contributed by atoms with Gasteiger partial charge in [-0.1, -0.05) is 80.4 Å². The molecule has 22 heavy (non-hydrogen) atoms. The summed E-state index contributed by atoms with van der Waals surface area (Å²) in [6.07, 6.45) is 6.63. The molecule has 0 aliphatic rings. The summed E-state index contributed by atoms with van der Waals surface area (Å²) in [5.74, 6) is 0.0608. The van der Waals surface area contributed by atoms with Crippen LogP contribution in [0.1, 0.15) is 51.9 Å². The van der Waals surface area contributed by atoms with Crippen LogP contribution in [-0.2, 0) is 9.53 Å². The number of benzene rings is 1. The largest absolute Gasteiger partial charge is 0.465 e. The van der Waals surface area contributed by atoms with Crippen molar-refractivity contribution in [3.05, 3.63) is 30.3 Å². The van der Waals surface area contributed by atoms with E-state index in [0.29, 0.717) is 12.4 Å². The summed E-state index contributed by atoms with van der Waals surface area (Å²) >= 11 is 12.0. The van der Waals surface area contributed by atoms with Gasteiger partial charge >= 0.3 is 5.97 Å². The highest BCUT2D eigenvalue weighted by molar-refractivity contribution is 6.48. The second kappa shape index (κ2) is 10.7. The van der Waals surface area contributed by atoms with Gasteiger partial charge in [0.1, 0.15) is 12.2 Å². The zero-order valence-corrected chi connectivity index (χ0v) is 14.5. The lowest BCUT2D eigenvalue weighted by atomic mass is 10.1. The molecule has 0 bridgehead atoms. The summed E-state index contributed by atoms with van der Waals surface area (Å²) in [5, 5.41) is 0. The normalized spacial score (nSPS) is 11.2. The Balaban J connectivity index is 2.17. The number of halogens is 2. The Morgan fingerprint density at radius 3 is 2.36 bits per heavy atom. The van der Waals surface area contributed by atoms with Crippen molar-refractivity contribution in [1.29, 1.82) is 0 Å². The average molecular weight is 347 g/mol. The van der Waals surface area contributed by atoms with Crippen LogP contribution < -0.4 is 4.74 Å². The van der Waals surface area contributed by atoms with Crippen molar-refractivity contribution < 1.29 is 14.3 Å². The first kappa shape index (κ1) is 19.1. The van der Waals surface area contributed by atoms with Crippen molar-refractivity contribution in [3.8, 4) is 5.75 Å². The summed E-state index contributed by atoms with van der Waals surface area (Å²) < 4.78 is 8.90. The van der Waals surface area contributed by atoms with Gasteiger partial charge < -0.3 is 9.47 Å². The second-order valence-corrected chi connectivity index (χ2v) is 6.63. The van der Waals surface area contributed by atoms with Gasteiger partial charge in [0.25, 0.3) is 4.52 Å². The number of esters is 1. The van der Waals surface area contributed by atoms with E-state index in [-0.39, 0.29) is 6.42 Å². The van der Waals surface area contributed by atoms with Crippen LogP contribution in [0.5, 0.6) is 5.75 Å². The highest BCUT2D eigenvalue weighted by Crippen LogP contribution is 2.29. The lowest BCUT2D eigenvalue weighted by Crippen LogP contribution is -2.27. The van der Waals surface area contributed by atoms with E-state index in [2.05, 4.69) is 6.92 Å². The first-order valence-corrected chi connectivity index (χ1v) is 8.56. The van der Waals surface area contributed by atoms with Gasteiger partial charge in [-0.05, 0) is 18.6 Å². The van der Waals surface area contributed by atoms with Gasteiger partial charge in [0.05, 0.1) is 6.61 Å². The van der Waals surface area contributed by atoms with Crippen molar-refractivity contribution in [2.75, 3.05) is 6.61 Å². The maximum Gasteiger partial charge on any atom is 0.312 e. The van der Waals surface area contributed by atoms with Crippen LogP contribution in [0.3, 0.4) is 0 Å². The minimum Gasteiger partial charge on any atom is -0.465 e. The summed E-state index contributed by atoms with van der Waals surface area (Å²) in [4.78, 5) is 11.7. The molecular formula is C17H24Cl2O3. The van der Waals surface area contributed by atoms with Crippen LogP contribution in [-0.4, -0.2) is 17.1 Å². The molecule has 0 spiro atoms. The average Bonchev–Trinajstić information content (AvgIpc) is 2.46. The minimum atomic E-state index is -1.61. The summed E-state index contributed by atoms with van der Waals surface area (Å²) in [6.45, 7) is 2.59. The van der Waals surface area contributed by atoms with Crippen LogP contribution in [0, 0.1) is 0 Å². The van der Waals surface area contributed by atoms with Crippen LogP contribution in [0.2, 0.25) is 0 Å². The number of hydrogen-bond donors (Lipinski definition) is 0. The number of para-hydroxylation sites is 1. The molecule has 1 rings (SSSR count). The number of carbonyl (C=O) groups is 1. The summed E-state index contributed by atoms with van der Waals surface area (Å²) in [7, 11) is 0. The molecule has 0 heterocycles. The highest BCUT2D eigenvalue weighted by Gasteiger charge is 2.30. The van der Waals surface area contributed by atoms with Crippen LogP contribution in [0.4, 0.5) is 0 Å². The summed E-state index contributed by atoms with van der Waals surface area (Å²) in [6, 6.07) is 8.90. The molecule has 0 radical (unpaired) electrons. The van der Waals surface area contributed by atoms with Crippen molar-refractivity contribution >= 4 is 29.2 Å².